The molecule has 0 radical (unpaired) electrons. The molecular weight excluding hydrogens is 631 g/mol. The van der Waals surface area contributed by atoms with Gasteiger partial charge in [0.2, 0.25) is 0 Å². The normalized spacial score (nSPS) is 11.5. The first-order chi connectivity index (χ1) is 25.8. The van der Waals surface area contributed by atoms with Crippen molar-refractivity contribution in [2.24, 2.45) is 0 Å². The maximum absolute atomic E-state index is 6.21. The Bertz CT molecular complexity index is 2910. The van der Waals surface area contributed by atoms with Crippen molar-refractivity contribution in [2.75, 3.05) is 4.90 Å². The van der Waals surface area contributed by atoms with Crippen LogP contribution in [0.1, 0.15) is 0 Å². The van der Waals surface area contributed by atoms with Gasteiger partial charge in [-0.2, -0.15) is 0 Å². The van der Waals surface area contributed by atoms with Crippen LogP contribution in [-0.2, 0) is 0 Å². The molecule has 2 heteroatoms. The van der Waals surface area contributed by atoms with Crippen molar-refractivity contribution in [3.63, 3.8) is 0 Å². The van der Waals surface area contributed by atoms with Crippen molar-refractivity contribution < 1.29 is 4.42 Å². The van der Waals surface area contributed by atoms with Crippen LogP contribution in [-0.4, -0.2) is 0 Å². The van der Waals surface area contributed by atoms with Crippen LogP contribution in [0.4, 0.5) is 17.1 Å². The zero-order valence-corrected chi connectivity index (χ0v) is 28.4. The van der Waals surface area contributed by atoms with Crippen molar-refractivity contribution in [3.8, 4) is 33.4 Å². The second kappa shape index (κ2) is 12.5. The molecular formula is C50H33NO. The highest BCUT2D eigenvalue weighted by molar-refractivity contribution is 6.16. The minimum absolute atomic E-state index is 0.920. The predicted octanol–water partition coefficient (Wildman–Crippen LogP) is 14.4. The molecule has 0 saturated carbocycles. The van der Waals surface area contributed by atoms with E-state index in [4.69, 9.17) is 4.42 Å². The number of benzene rings is 9. The summed E-state index contributed by atoms with van der Waals surface area (Å²) in [4.78, 5) is 2.36. The third kappa shape index (κ3) is 5.12. The van der Waals surface area contributed by atoms with Crippen molar-refractivity contribution >= 4 is 60.5 Å². The summed E-state index contributed by atoms with van der Waals surface area (Å²) in [6.07, 6.45) is 0. The van der Waals surface area contributed by atoms with Crippen molar-refractivity contribution in [1.82, 2.24) is 0 Å². The summed E-state index contributed by atoms with van der Waals surface area (Å²) in [5, 5.41) is 7.11. The van der Waals surface area contributed by atoms with Gasteiger partial charge in [-0.3, -0.25) is 0 Å². The minimum atomic E-state index is 0.920. The molecule has 52 heavy (non-hydrogen) atoms. The monoisotopic (exact) mass is 663 g/mol. The first-order valence-electron chi connectivity index (χ1n) is 17.8. The molecule has 0 saturated heterocycles. The second-order valence-corrected chi connectivity index (χ2v) is 13.3. The van der Waals surface area contributed by atoms with E-state index in [9.17, 15) is 0 Å². The van der Waals surface area contributed by atoms with E-state index in [0.717, 1.165) is 39.0 Å². The average molecular weight is 664 g/mol. The third-order valence-electron chi connectivity index (χ3n) is 10.2. The second-order valence-electron chi connectivity index (χ2n) is 13.3. The van der Waals surface area contributed by atoms with Gasteiger partial charge in [-0.15, -0.1) is 0 Å². The van der Waals surface area contributed by atoms with E-state index in [2.05, 4.69) is 193 Å². The summed E-state index contributed by atoms with van der Waals surface area (Å²) in [6, 6.07) is 71.8. The van der Waals surface area contributed by atoms with Crippen LogP contribution < -0.4 is 4.90 Å². The molecule has 2 nitrogen and oxygen atoms in total. The largest absolute Gasteiger partial charge is 0.456 e. The quantitative estimate of drug-likeness (QED) is 0.165. The smallest absolute Gasteiger partial charge is 0.136 e. The van der Waals surface area contributed by atoms with E-state index in [1.165, 1.54) is 54.9 Å². The number of hydrogen-bond acceptors (Lipinski definition) is 2. The van der Waals surface area contributed by atoms with Gasteiger partial charge >= 0.3 is 0 Å². The molecule has 10 rings (SSSR count). The molecule has 0 spiro atoms. The Morgan fingerprint density at radius 2 is 0.865 bits per heavy atom. The van der Waals surface area contributed by atoms with E-state index in [1.807, 2.05) is 12.1 Å². The van der Waals surface area contributed by atoms with Crippen LogP contribution in [0.5, 0.6) is 0 Å². The van der Waals surface area contributed by atoms with Gasteiger partial charge in [-0.05, 0) is 110 Å². The van der Waals surface area contributed by atoms with Gasteiger partial charge in [-0.1, -0.05) is 146 Å². The fourth-order valence-electron chi connectivity index (χ4n) is 7.80. The Kier molecular flexibility index (Phi) is 7.18. The third-order valence-corrected chi connectivity index (χ3v) is 10.2. The van der Waals surface area contributed by atoms with Gasteiger partial charge in [0.25, 0.3) is 0 Å². The predicted molar refractivity (Wildman–Crippen MR) is 220 cm³/mol. The molecule has 0 bridgehead atoms. The van der Waals surface area contributed by atoms with Crippen LogP contribution in [0.25, 0.3) is 76.9 Å². The lowest BCUT2D eigenvalue weighted by Gasteiger charge is -2.26. The number of furan rings is 1. The maximum atomic E-state index is 6.21. The first kappa shape index (κ1) is 30.0. The van der Waals surface area contributed by atoms with Crippen LogP contribution in [0.15, 0.2) is 205 Å². The first-order valence-corrected chi connectivity index (χ1v) is 17.8. The summed E-state index contributed by atoms with van der Waals surface area (Å²) >= 11 is 0. The Labute approximate surface area is 302 Å². The van der Waals surface area contributed by atoms with Gasteiger partial charge < -0.3 is 9.32 Å². The van der Waals surface area contributed by atoms with Gasteiger partial charge in [0, 0.05) is 27.8 Å². The molecule has 0 amide bonds. The molecule has 0 aliphatic heterocycles. The van der Waals surface area contributed by atoms with E-state index in [0.29, 0.717) is 0 Å². The summed E-state index contributed by atoms with van der Waals surface area (Å²) in [5.41, 5.74) is 12.4. The van der Waals surface area contributed by atoms with E-state index >= 15 is 0 Å². The average Bonchev–Trinajstić information content (AvgIpc) is 3.58. The van der Waals surface area contributed by atoms with Crippen LogP contribution >= 0.6 is 0 Å². The molecule has 1 heterocycles. The summed E-state index contributed by atoms with van der Waals surface area (Å²) in [7, 11) is 0. The summed E-state index contributed by atoms with van der Waals surface area (Å²) in [6.45, 7) is 0. The number of fused-ring (bicyclic) bond motifs is 6. The minimum Gasteiger partial charge on any atom is -0.456 e. The Balaban J connectivity index is 1.11. The molecule has 9 aromatic carbocycles. The summed E-state index contributed by atoms with van der Waals surface area (Å²) < 4.78 is 6.21. The maximum Gasteiger partial charge on any atom is 0.136 e. The van der Waals surface area contributed by atoms with Gasteiger partial charge in [-0.25, -0.2) is 0 Å². The zero-order chi connectivity index (χ0) is 34.4. The molecule has 0 atom stereocenters. The molecule has 10 aromatic rings. The lowest BCUT2D eigenvalue weighted by molar-refractivity contribution is 0.669. The Morgan fingerprint density at radius 1 is 0.288 bits per heavy atom. The van der Waals surface area contributed by atoms with Crippen LogP contribution in [0, 0.1) is 0 Å². The highest BCUT2D eigenvalue weighted by atomic mass is 16.3. The molecule has 0 aliphatic rings. The molecule has 0 unspecified atom stereocenters. The van der Waals surface area contributed by atoms with Crippen LogP contribution in [0.2, 0.25) is 0 Å². The number of para-hydroxylation sites is 2. The standard InChI is InChI=1S/C50H33NO/c1-3-14-34(15-4-1)41-20-7-9-22-44(41)45-23-10-8-21-42(45)35-16-13-19-39(30-35)51(38-17-5-2-6-18-38)40-28-29-43-36(31-40)26-27-37-32-50-48(33-47(37)43)46-24-11-12-25-49(46)52-50/h1-33H. The van der Waals surface area contributed by atoms with Crippen molar-refractivity contribution in [1.29, 1.82) is 0 Å². The van der Waals surface area contributed by atoms with Crippen LogP contribution in [0.3, 0.4) is 0 Å². The number of anilines is 3. The lowest BCUT2D eigenvalue weighted by atomic mass is 9.89. The fourth-order valence-corrected chi connectivity index (χ4v) is 7.80. The lowest BCUT2D eigenvalue weighted by Crippen LogP contribution is -2.10. The molecule has 244 valence electrons. The van der Waals surface area contributed by atoms with E-state index in [-0.39, 0.29) is 0 Å². The molecule has 0 N–H and O–H groups in total. The van der Waals surface area contributed by atoms with Crippen molar-refractivity contribution in [3.05, 3.63) is 200 Å². The van der Waals surface area contributed by atoms with Gasteiger partial charge in [0.05, 0.1) is 0 Å². The van der Waals surface area contributed by atoms with Gasteiger partial charge in [0.1, 0.15) is 11.2 Å². The molecule has 0 aliphatic carbocycles. The Hall–Kier alpha value is -6.90. The zero-order valence-electron chi connectivity index (χ0n) is 28.4. The number of rotatable bonds is 6. The van der Waals surface area contributed by atoms with Crippen molar-refractivity contribution in [2.45, 2.75) is 0 Å². The SMILES string of the molecule is c1ccc(-c2ccccc2-c2ccccc2-c2cccc(N(c3ccccc3)c3ccc4c(ccc5cc6oc7ccccc7c6cc54)c3)c2)cc1. The Morgan fingerprint density at radius 3 is 1.63 bits per heavy atom. The highest BCUT2D eigenvalue weighted by Crippen LogP contribution is 2.42. The number of nitrogens with zero attached hydrogens (tertiary/aromatic N) is 1. The topological polar surface area (TPSA) is 16.4 Å². The van der Waals surface area contributed by atoms with E-state index < -0.39 is 0 Å². The fraction of sp³-hybridized carbons (Fsp3) is 0. The van der Waals surface area contributed by atoms with E-state index in [1.54, 1.807) is 0 Å². The molecule has 0 fully saturated rings. The molecule has 1 aromatic heterocycles. The highest BCUT2D eigenvalue weighted by Gasteiger charge is 2.17. The van der Waals surface area contributed by atoms with Gasteiger partial charge in [0.15, 0.2) is 0 Å². The number of hydrogen-bond donors (Lipinski definition) is 0. The summed E-state index contributed by atoms with van der Waals surface area (Å²) in [5.74, 6) is 0.